The van der Waals surface area contributed by atoms with E-state index in [1.807, 2.05) is 0 Å². The normalized spacial score (nSPS) is 17.9. The van der Waals surface area contributed by atoms with E-state index >= 15 is 0 Å². The van der Waals surface area contributed by atoms with Crippen LogP contribution in [-0.2, 0) is 0 Å². The highest BCUT2D eigenvalue weighted by atomic mass is 19.1. The average Bonchev–Trinajstić information content (AvgIpc) is 2.24. The van der Waals surface area contributed by atoms with E-state index < -0.39 is 0 Å². The molecule has 1 aliphatic rings. The summed E-state index contributed by atoms with van der Waals surface area (Å²) in [5.41, 5.74) is 3.32. The standard InChI is InChI=1S/C12H17FN2O/c1-16-10-7-3-6-9(11(10)13)12(15-14)8-4-2-5-8/h3,6-8,12,15H,2,4-5,14H2,1H3. The van der Waals surface area contributed by atoms with Crippen LogP contribution in [0.2, 0.25) is 0 Å². The number of nitrogens with two attached hydrogens (primary N) is 1. The van der Waals surface area contributed by atoms with Crippen LogP contribution in [-0.4, -0.2) is 7.11 Å². The van der Waals surface area contributed by atoms with E-state index in [9.17, 15) is 4.39 Å². The van der Waals surface area contributed by atoms with Crippen LogP contribution in [0.3, 0.4) is 0 Å². The van der Waals surface area contributed by atoms with Crippen molar-refractivity contribution >= 4 is 0 Å². The molecule has 0 aliphatic heterocycles. The summed E-state index contributed by atoms with van der Waals surface area (Å²) in [6.07, 6.45) is 3.41. The van der Waals surface area contributed by atoms with Crippen LogP contribution < -0.4 is 16.0 Å². The molecule has 0 amide bonds. The fourth-order valence-corrected chi connectivity index (χ4v) is 2.18. The Kier molecular flexibility index (Phi) is 3.41. The van der Waals surface area contributed by atoms with Crippen LogP contribution in [0, 0.1) is 11.7 Å². The zero-order valence-corrected chi connectivity index (χ0v) is 9.37. The number of nitrogens with one attached hydrogen (secondary N) is 1. The van der Waals surface area contributed by atoms with Crippen molar-refractivity contribution in [3.05, 3.63) is 29.6 Å². The summed E-state index contributed by atoms with van der Waals surface area (Å²) in [4.78, 5) is 0. The smallest absolute Gasteiger partial charge is 0.169 e. The molecule has 2 rings (SSSR count). The third-order valence-corrected chi connectivity index (χ3v) is 3.35. The van der Waals surface area contributed by atoms with Crippen LogP contribution in [0.5, 0.6) is 5.75 Å². The second-order valence-corrected chi connectivity index (χ2v) is 4.20. The maximum Gasteiger partial charge on any atom is 0.169 e. The summed E-state index contributed by atoms with van der Waals surface area (Å²) in [5, 5.41) is 0. The number of ether oxygens (including phenoxy) is 1. The van der Waals surface area contributed by atoms with E-state index in [4.69, 9.17) is 10.6 Å². The number of hydrazine groups is 1. The monoisotopic (exact) mass is 224 g/mol. The molecular weight excluding hydrogens is 207 g/mol. The molecule has 0 radical (unpaired) electrons. The number of hydrogen-bond donors (Lipinski definition) is 2. The molecule has 0 aromatic heterocycles. The molecular formula is C12H17FN2O. The Bertz CT molecular complexity index is 366. The molecule has 1 aromatic rings. The van der Waals surface area contributed by atoms with Gasteiger partial charge in [-0.25, -0.2) is 4.39 Å². The van der Waals surface area contributed by atoms with Crippen molar-refractivity contribution in [3.8, 4) is 5.75 Å². The van der Waals surface area contributed by atoms with Gasteiger partial charge in [0, 0.05) is 5.56 Å². The number of hydrogen-bond acceptors (Lipinski definition) is 3. The third kappa shape index (κ3) is 1.90. The van der Waals surface area contributed by atoms with Gasteiger partial charge in [0.05, 0.1) is 13.2 Å². The van der Waals surface area contributed by atoms with Gasteiger partial charge in [0.15, 0.2) is 11.6 Å². The maximum absolute atomic E-state index is 14.0. The Morgan fingerprint density at radius 2 is 2.25 bits per heavy atom. The molecule has 0 spiro atoms. The van der Waals surface area contributed by atoms with Crippen molar-refractivity contribution in [2.45, 2.75) is 25.3 Å². The molecule has 3 N–H and O–H groups in total. The van der Waals surface area contributed by atoms with Gasteiger partial charge in [-0.1, -0.05) is 18.6 Å². The lowest BCUT2D eigenvalue weighted by molar-refractivity contribution is 0.227. The molecule has 0 saturated heterocycles. The zero-order valence-electron chi connectivity index (χ0n) is 9.37. The lowest BCUT2D eigenvalue weighted by atomic mass is 9.77. The molecule has 1 saturated carbocycles. The zero-order chi connectivity index (χ0) is 11.5. The molecule has 88 valence electrons. The average molecular weight is 224 g/mol. The summed E-state index contributed by atoms with van der Waals surface area (Å²) in [6.45, 7) is 0. The Morgan fingerprint density at radius 3 is 2.75 bits per heavy atom. The first kappa shape index (κ1) is 11.4. The molecule has 3 nitrogen and oxygen atoms in total. The number of rotatable bonds is 4. The predicted octanol–water partition coefficient (Wildman–Crippen LogP) is 2.14. The van der Waals surface area contributed by atoms with Crippen LogP contribution in [0.1, 0.15) is 30.9 Å². The fraction of sp³-hybridized carbons (Fsp3) is 0.500. The summed E-state index contributed by atoms with van der Waals surface area (Å²) in [7, 11) is 1.47. The molecule has 1 aromatic carbocycles. The first-order chi connectivity index (χ1) is 7.77. The number of halogens is 1. The Hall–Kier alpha value is -1.13. The van der Waals surface area contributed by atoms with E-state index in [1.165, 1.54) is 13.5 Å². The summed E-state index contributed by atoms with van der Waals surface area (Å²) in [6, 6.07) is 5.07. The van der Waals surface area contributed by atoms with Gasteiger partial charge in [-0.05, 0) is 24.8 Å². The van der Waals surface area contributed by atoms with Gasteiger partial charge in [0.1, 0.15) is 0 Å². The highest BCUT2D eigenvalue weighted by Crippen LogP contribution is 2.39. The third-order valence-electron chi connectivity index (χ3n) is 3.35. The maximum atomic E-state index is 14.0. The lowest BCUT2D eigenvalue weighted by Crippen LogP contribution is -2.37. The van der Waals surface area contributed by atoms with Crippen molar-refractivity contribution in [1.82, 2.24) is 5.43 Å². The second-order valence-electron chi connectivity index (χ2n) is 4.20. The Balaban J connectivity index is 2.29. The first-order valence-electron chi connectivity index (χ1n) is 5.56. The molecule has 16 heavy (non-hydrogen) atoms. The van der Waals surface area contributed by atoms with Gasteiger partial charge in [-0.3, -0.25) is 11.3 Å². The largest absolute Gasteiger partial charge is 0.494 e. The Labute approximate surface area is 94.8 Å². The highest BCUT2D eigenvalue weighted by molar-refractivity contribution is 5.33. The minimum atomic E-state index is -0.306. The molecule has 4 heteroatoms. The van der Waals surface area contributed by atoms with Gasteiger partial charge < -0.3 is 4.74 Å². The van der Waals surface area contributed by atoms with Gasteiger partial charge in [0.25, 0.3) is 0 Å². The molecule has 1 aliphatic carbocycles. The van der Waals surface area contributed by atoms with Gasteiger partial charge in [0.2, 0.25) is 0 Å². The van der Waals surface area contributed by atoms with E-state index in [0.717, 1.165) is 12.8 Å². The lowest BCUT2D eigenvalue weighted by Gasteiger charge is -2.33. The molecule has 1 unspecified atom stereocenters. The molecule has 1 fully saturated rings. The summed E-state index contributed by atoms with van der Waals surface area (Å²) < 4.78 is 19.0. The van der Waals surface area contributed by atoms with Crippen molar-refractivity contribution in [2.24, 2.45) is 11.8 Å². The summed E-state index contributed by atoms with van der Waals surface area (Å²) >= 11 is 0. The van der Waals surface area contributed by atoms with Crippen LogP contribution in [0.15, 0.2) is 18.2 Å². The summed E-state index contributed by atoms with van der Waals surface area (Å²) in [5.74, 6) is 5.92. The van der Waals surface area contributed by atoms with Crippen LogP contribution in [0.25, 0.3) is 0 Å². The van der Waals surface area contributed by atoms with E-state index in [2.05, 4.69) is 5.43 Å². The fourth-order valence-electron chi connectivity index (χ4n) is 2.18. The first-order valence-corrected chi connectivity index (χ1v) is 5.56. The van der Waals surface area contributed by atoms with E-state index in [1.54, 1.807) is 18.2 Å². The predicted molar refractivity (Wildman–Crippen MR) is 60.4 cm³/mol. The molecule has 0 heterocycles. The quantitative estimate of drug-likeness (QED) is 0.608. The number of benzene rings is 1. The minimum Gasteiger partial charge on any atom is -0.494 e. The Morgan fingerprint density at radius 1 is 1.50 bits per heavy atom. The van der Waals surface area contributed by atoms with E-state index in [-0.39, 0.29) is 17.6 Å². The van der Waals surface area contributed by atoms with Gasteiger partial charge in [-0.2, -0.15) is 0 Å². The van der Waals surface area contributed by atoms with Crippen molar-refractivity contribution < 1.29 is 9.13 Å². The van der Waals surface area contributed by atoms with Crippen molar-refractivity contribution in [3.63, 3.8) is 0 Å². The van der Waals surface area contributed by atoms with Crippen molar-refractivity contribution in [1.29, 1.82) is 0 Å². The van der Waals surface area contributed by atoms with E-state index in [0.29, 0.717) is 11.5 Å². The van der Waals surface area contributed by atoms with Crippen molar-refractivity contribution in [2.75, 3.05) is 7.11 Å². The van der Waals surface area contributed by atoms with Gasteiger partial charge >= 0.3 is 0 Å². The molecule has 0 bridgehead atoms. The van der Waals surface area contributed by atoms with Gasteiger partial charge in [-0.15, -0.1) is 0 Å². The topological polar surface area (TPSA) is 47.3 Å². The highest BCUT2D eigenvalue weighted by Gasteiger charge is 2.30. The minimum absolute atomic E-state index is 0.108. The SMILES string of the molecule is COc1cccc(C(NN)C2CCC2)c1F. The number of methoxy groups -OCH3 is 1. The van der Waals surface area contributed by atoms with Crippen LogP contribution in [0.4, 0.5) is 4.39 Å². The van der Waals surface area contributed by atoms with Crippen LogP contribution >= 0.6 is 0 Å². The second kappa shape index (κ2) is 4.80. The molecule has 1 atom stereocenters.